The first-order chi connectivity index (χ1) is 12.5. The minimum absolute atomic E-state index is 0.120. The lowest BCUT2D eigenvalue weighted by molar-refractivity contribution is -0.121. The molecule has 2 aromatic heterocycles. The van der Waals surface area contributed by atoms with Crippen LogP contribution >= 0.6 is 0 Å². The molecule has 1 N–H and O–H groups in total. The number of aromatic nitrogens is 3. The van der Waals surface area contributed by atoms with Crippen molar-refractivity contribution >= 4 is 5.91 Å². The second kappa shape index (κ2) is 7.43. The third kappa shape index (κ3) is 3.77. The van der Waals surface area contributed by atoms with E-state index in [1.807, 2.05) is 49.7 Å². The molecule has 7 nitrogen and oxygen atoms in total. The number of carbonyl (C=O) groups excluding carboxylic acids is 1. The van der Waals surface area contributed by atoms with Crippen LogP contribution in [-0.4, -0.2) is 28.0 Å². The van der Waals surface area contributed by atoms with Crippen molar-refractivity contribution in [3.63, 3.8) is 0 Å². The maximum Gasteiger partial charge on any atom is 0.228 e. The lowest BCUT2D eigenvalue weighted by Crippen LogP contribution is -2.28. The SMILES string of the molecule is COc1ccc(-n2ncc(C(C)NC(=O)Cc3cc(C)no3)c2C)cc1. The van der Waals surface area contributed by atoms with Gasteiger partial charge in [-0.15, -0.1) is 0 Å². The molecular weight excluding hydrogens is 332 g/mol. The van der Waals surface area contributed by atoms with Crippen LogP contribution in [0.5, 0.6) is 5.75 Å². The highest BCUT2D eigenvalue weighted by molar-refractivity contribution is 5.78. The Labute approximate surface area is 151 Å². The van der Waals surface area contributed by atoms with Gasteiger partial charge in [0.15, 0.2) is 0 Å². The van der Waals surface area contributed by atoms with Gasteiger partial charge in [-0.1, -0.05) is 5.16 Å². The summed E-state index contributed by atoms with van der Waals surface area (Å²) in [6, 6.07) is 9.26. The standard InChI is InChI=1S/C19H22N4O3/c1-12-9-17(26-22-12)10-19(24)21-13(2)18-11-20-23(14(18)3)15-5-7-16(25-4)8-6-15/h5-9,11,13H,10H2,1-4H3,(H,21,24). The van der Waals surface area contributed by atoms with Crippen LogP contribution in [0, 0.1) is 13.8 Å². The van der Waals surface area contributed by atoms with Gasteiger partial charge in [0.05, 0.1) is 37.2 Å². The van der Waals surface area contributed by atoms with E-state index in [1.54, 1.807) is 19.4 Å². The van der Waals surface area contributed by atoms with Gasteiger partial charge in [-0.05, 0) is 45.0 Å². The van der Waals surface area contributed by atoms with Gasteiger partial charge in [-0.2, -0.15) is 5.10 Å². The van der Waals surface area contributed by atoms with Gasteiger partial charge >= 0.3 is 0 Å². The topological polar surface area (TPSA) is 82.2 Å². The van der Waals surface area contributed by atoms with E-state index in [0.29, 0.717) is 5.76 Å². The summed E-state index contributed by atoms with van der Waals surface area (Å²) in [6.45, 7) is 5.74. The fourth-order valence-electron chi connectivity index (χ4n) is 2.86. The molecule has 7 heteroatoms. The molecule has 2 heterocycles. The molecule has 3 rings (SSSR count). The van der Waals surface area contributed by atoms with Crippen molar-refractivity contribution in [3.8, 4) is 11.4 Å². The van der Waals surface area contributed by atoms with E-state index in [-0.39, 0.29) is 18.4 Å². The van der Waals surface area contributed by atoms with Crippen molar-refractivity contribution < 1.29 is 14.1 Å². The third-order valence-electron chi connectivity index (χ3n) is 4.22. The molecule has 1 aromatic carbocycles. The predicted octanol–water partition coefficient (Wildman–Crippen LogP) is 2.91. The van der Waals surface area contributed by atoms with Gasteiger partial charge in [-0.25, -0.2) is 4.68 Å². The van der Waals surface area contributed by atoms with Gasteiger partial charge < -0.3 is 14.6 Å². The Kier molecular flexibility index (Phi) is 5.06. The van der Waals surface area contributed by atoms with Crippen molar-refractivity contribution in [2.24, 2.45) is 0 Å². The first kappa shape index (κ1) is 17.7. The first-order valence-corrected chi connectivity index (χ1v) is 8.38. The Hall–Kier alpha value is -3.09. The van der Waals surface area contributed by atoms with Gasteiger partial charge in [0.1, 0.15) is 11.5 Å². The summed E-state index contributed by atoms with van der Waals surface area (Å²) in [5, 5.41) is 11.2. The van der Waals surface area contributed by atoms with E-state index in [1.165, 1.54) is 0 Å². The monoisotopic (exact) mass is 354 g/mol. The highest BCUT2D eigenvalue weighted by atomic mass is 16.5. The minimum atomic E-state index is -0.168. The molecule has 1 unspecified atom stereocenters. The fraction of sp³-hybridized carbons (Fsp3) is 0.316. The van der Waals surface area contributed by atoms with Crippen molar-refractivity contribution in [1.82, 2.24) is 20.3 Å². The van der Waals surface area contributed by atoms with Gasteiger partial charge in [-0.3, -0.25) is 4.79 Å². The molecule has 0 fully saturated rings. The molecule has 0 aliphatic rings. The summed E-state index contributed by atoms with van der Waals surface area (Å²) >= 11 is 0. The van der Waals surface area contributed by atoms with E-state index < -0.39 is 0 Å². The first-order valence-electron chi connectivity index (χ1n) is 8.38. The van der Waals surface area contributed by atoms with Crippen molar-refractivity contribution in [2.75, 3.05) is 7.11 Å². The Morgan fingerprint density at radius 2 is 2.04 bits per heavy atom. The minimum Gasteiger partial charge on any atom is -0.497 e. The van der Waals surface area contributed by atoms with Crippen molar-refractivity contribution in [3.05, 3.63) is 59.2 Å². The van der Waals surface area contributed by atoms with Gasteiger partial charge in [0.2, 0.25) is 5.91 Å². The molecule has 0 spiro atoms. The van der Waals surface area contributed by atoms with Crippen LogP contribution in [0.1, 0.15) is 35.7 Å². The quantitative estimate of drug-likeness (QED) is 0.736. The number of ether oxygens (including phenoxy) is 1. The Balaban J connectivity index is 1.70. The van der Waals surface area contributed by atoms with E-state index in [4.69, 9.17) is 9.26 Å². The maximum atomic E-state index is 12.2. The maximum absolute atomic E-state index is 12.2. The van der Waals surface area contributed by atoms with Gasteiger partial charge in [0, 0.05) is 17.3 Å². The van der Waals surface area contributed by atoms with Crippen LogP contribution in [0.15, 0.2) is 41.1 Å². The number of hydrogen-bond donors (Lipinski definition) is 1. The molecule has 0 aliphatic carbocycles. The average molecular weight is 354 g/mol. The smallest absolute Gasteiger partial charge is 0.228 e. The van der Waals surface area contributed by atoms with Gasteiger partial charge in [0.25, 0.3) is 0 Å². The second-order valence-electron chi connectivity index (χ2n) is 6.20. The van der Waals surface area contributed by atoms with E-state index in [0.717, 1.165) is 28.4 Å². The number of nitrogens with one attached hydrogen (secondary N) is 1. The van der Waals surface area contributed by atoms with Crippen LogP contribution in [0.3, 0.4) is 0 Å². The number of benzene rings is 1. The van der Waals surface area contributed by atoms with Crippen LogP contribution < -0.4 is 10.1 Å². The molecule has 0 saturated carbocycles. The van der Waals surface area contributed by atoms with Crippen molar-refractivity contribution in [1.29, 1.82) is 0 Å². The molecule has 0 bridgehead atoms. The summed E-state index contributed by atoms with van der Waals surface area (Å²) in [7, 11) is 1.64. The number of nitrogens with zero attached hydrogens (tertiary/aromatic N) is 3. The average Bonchev–Trinajstić information content (AvgIpc) is 3.20. The molecule has 136 valence electrons. The molecule has 0 radical (unpaired) electrons. The largest absolute Gasteiger partial charge is 0.497 e. The predicted molar refractivity (Wildman–Crippen MR) is 96.4 cm³/mol. The Morgan fingerprint density at radius 1 is 1.31 bits per heavy atom. The number of carbonyl (C=O) groups is 1. The van der Waals surface area contributed by atoms with Crippen LogP contribution in [0.2, 0.25) is 0 Å². The highest BCUT2D eigenvalue weighted by Crippen LogP contribution is 2.21. The van der Waals surface area contributed by atoms with E-state index in [9.17, 15) is 4.79 Å². The number of aryl methyl sites for hydroxylation is 1. The van der Waals surface area contributed by atoms with Crippen LogP contribution in [0.4, 0.5) is 0 Å². The highest BCUT2D eigenvalue weighted by Gasteiger charge is 2.17. The summed E-state index contributed by atoms with van der Waals surface area (Å²) in [5.41, 5.74) is 3.63. The number of hydrogen-bond acceptors (Lipinski definition) is 5. The zero-order valence-corrected chi connectivity index (χ0v) is 15.3. The molecule has 1 atom stereocenters. The normalized spacial score (nSPS) is 12.0. The Bertz CT molecular complexity index is 896. The fourth-order valence-corrected chi connectivity index (χ4v) is 2.86. The lowest BCUT2D eigenvalue weighted by atomic mass is 10.1. The molecular formula is C19H22N4O3. The molecule has 3 aromatic rings. The number of amides is 1. The lowest BCUT2D eigenvalue weighted by Gasteiger charge is -2.14. The molecule has 0 saturated heterocycles. The zero-order valence-electron chi connectivity index (χ0n) is 15.3. The van der Waals surface area contributed by atoms with E-state index in [2.05, 4.69) is 15.6 Å². The number of rotatable bonds is 6. The summed E-state index contributed by atoms with van der Waals surface area (Å²) in [6.07, 6.45) is 1.94. The zero-order chi connectivity index (χ0) is 18.7. The van der Waals surface area contributed by atoms with E-state index >= 15 is 0 Å². The summed E-state index contributed by atoms with van der Waals surface area (Å²) in [4.78, 5) is 12.2. The second-order valence-corrected chi connectivity index (χ2v) is 6.20. The van der Waals surface area contributed by atoms with Crippen LogP contribution in [0.25, 0.3) is 5.69 Å². The summed E-state index contributed by atoms with van der Waals surface area (Å²) < 4.78 is 12.1. The molecule has 0 aliphatic heterocycles. The van der Waals surface area contributed by atoms with Crippen molar-refractivity contribution in [2.45, 2.75) is 33.2 Å². The Morgan fingerprint density at radius 3 is 2.65 bits per heavy atom. The third-order valence-corrected chi connectivity index (χ3v) is 4.22. The molecule has 1 amide bonds. The summed E-state index contributed by atoms with van der Waals surface area (Å²) in [5.74, 6) is 1.23. The molecule has 26 heavy (non-hydrogen) atoms. The number of methoxy groups -OCH3 is 1. The van der Waals surface area contributed by atoms with Crippen LogP contribution in [-0.2, 0) is 11.2 Å².